The number of benzene rings is 2. The normalized spacial score (nSPS) is 10.8. The van der Waals surface area contributed by atoms with Gasteiger partial charge in [-0.05, 0) is 29.8 Å². The van der Waals surface area contributed by atoms with Crippen LogP contribution in [-0.2, 0) is 18.9 Å². The number of ether oxygens (including phenoxy) is 1. The van der Waals surface area contributed by atoms with Crippen molar-refractivity contribution >= 4 is 27.7 Å². The molecule has 2 aromatic carbocycles. The van der Waals surface area contributed by atoms with Crippen molar-refractivity contribution in [1.82, 2.24) is 14.8 Å². The first-order valence-corrected chi connectivity index (χ1v) is 9.83. The molecule has 3 aromatic rings. The largest absolute Gasteiger partial charge is 0.483 e. The Morgan fingerprint density at radius 1 is 1.15 bits per heavy atom. The second-order valence-corrected chi connectivity index (χ2v) is 7.40. The van der Waals surface area contributed by atoms with E-state index in [9.17, 15) is 8.78 Å². The third kappa shape index (κ3) is 4.95. The Labute approximate surface area is 168 Å². The van der Waals surface area contributed by atoms with Crippen LogP contribution in [0.1, 0.15) is 11.4 Å². The molecule has 0 bridgehead atoms. The van der Waals surface area contributed by atoms with Crippen LogP contribution in [0.25, 0.3) is 0 Å². The van der Waals surface area contributed by atoms with Crippen molar-refractivity contribution in [2.75, 3.05) is 0 Å². The molecule has 0 atom stereocenters. The lowest BCUT2D eigenvalue weighted by Gasteiger charge is -2.10. The molecule has 0 unspecified atom stereocenters. The third-order valence-electron chi connectivity index (χ3n) is 3.67. The summed E-state index contributed by atoms with van der Waals surface area (Å²) >= 11 is 4.61. The summed E-state index contributed by atoms with van der Waals surface area (Å²) in [7, 11) is 0. The molecule has 0 fully saturated rings. The van der Waals surface area contributed by atoms with Crippen LogP contribution in [0.3, 0.4) is 0 Å². The molecule has 0 N–H and O–H groups in total. The van der Waals surface area contributed by atoms with E-state index in [0.717, 1.165) is 0 Å². The molecular formula is C19H16BrF2N3OS. The number of allylic oxidation sites excluding steroid dienone is 1. The van der Waals surface area contributed by atoms with Gasteiger partial charge >= 0.3 is 0 Å². The van der Waals surface area contributed by atoms with E-state index < -0.39 is 5.82 Å². The quantitative estimate of drug-likeness (QED) is 0.340. The van der Waals surface area contributed by atoms with Crippen molar-refractivity contribution in [2.24, 2.45) is 0 Å². The monoisotopic (exact) mass is 451 g/mol. The number of halogens is 3. The minimum Gasteiger partial charge on any atom is -0.483 e. The van der Waals surface area contributed by atoms with Crippen LogP contribution in [0.2, 0.25) is 0 Å². The number of aromatic nitrogens is 3. The molecule has 0 spiro atoms. The van der Waals surface area contributed by atoms with Crippen molar-refractivity contribution < 1.29 is 13.5 Å². The Bertz CT molecular complexity index is 948. The second kappa shape index (κ2) is 9.14. The Morgan fingerprint density at radius 2 is 1.96 bits per heavy atom. The lowest BCUT2D eigenvalue weighted by atomic mass is 10.2. The van der Waals surface area contributed by atoms with Crippen molar-refractivity contribution in [3.63, 3.8) is 0 Å². The van der Waals surface area contributed by atoms with Crippen LogP contribution in [-0.4, -0.2) is 14.8 Å². The van der Waals surface area contributed by atoms with Gasteiger partial charge in [0.2, 0.25) is 0 Å². The fraction of sp³-hybridized carbons (Fsp3) is 0.158. The Morgan fingerprint density at radius 3 is 2.70 bits per heavy atom. The summed E-state index contributed by atoms with van der Waals surface area (Å²) in [5, 5.41) is 8.89. The molecule has 4 nitrogen and oxygen atoms in total. The highest BCUT2D eigenvalue weighted by Gasteiger charge is 2.14. The van der Waals surface area contributed by atoms with Gasteiger partial charge < -0.3 is 4.74 Å². The van der Waals surface area contributed by atoms with Crippen molar-refractivity contribution in [3.8, 4) is 5.75 Å². The van der Waals surface area contributed by atoms with Crippen LogP contribution in [0.15, 0.2) is 64.7 Å². The van der Waals surface area contributed by atoms with Crippen LogP contribution < -0.4 is 4.74 Å². The van der Waals surface area contributed by atoms with Crippen LogP contribution in [0, 0.1) is 11.6 Å². The van der Waals surface area contributed by atoms with Gasteiger partial charge in [-0.2, -0.15) is 0 Å². The third-order valence-corrected chi connectivity index (χ3v) is 5.18. The SMILES string of the molecule is C=CCn1c(COc2ccccc2F)nnc1SCc1ccc(Br)cc1F. The lowest BCUT2D eigenvalue weighted by molar-refractivity contribution is 0.275. The van der Waals surface area contributed by atoms with E-state index in [1.54, 1.807) is 36.4 Å². The lowest BCUT2D eigenvalue weighted by Crippen LogP contribution is -2.08. The standard InChI is InChI=1S/C19H16BrF2N3OS/c1-2-9-25-18(11-26-17-6-4-3-5-15(17)21)23-24-19(25)27-12-13-7-8-14(20)10-16(13)22/h2-8,10H,1,9,11-12H2. The molecule has 1 aromatic heterocycles. The van der Waals surface area contributed by atoms with Gasteiger partial charge in [0.05, 0.1) is 0 Å². The first kappa shape index (κ1) is 19.6. The molecule has 3 rings (SSSR count). The number of hydrogen-bond donors (Lipinski definition) is 0. The molecule has 0 aliphatic rings. The first-order valence-electron chi connectivity index (χ1n) is 8.05. The van der Waals surface area contributed by atoms with Crippen LogP contribution in [0.5, 0.6) is 5.75 Å². The maximum absolute atomic E-state index is 14.0. The predicted molar refractivity (Wildman–Crippen MR) is 105 cm³/mol. The summed E-state index contributed by atoms with van der Waals surface area (Å²) in [5.41, 5.74) is 0.570. The average molecular weight is 452 g/mol. The van der Waals surface area contributed by atoms with E-state index >= 15 is 0 Å². The average Bonchev–Trinajstić information content (AvgIpc) is 3.02. The maximum atomic E-state index is 14.0. The Kier molecular flexibility index (Phi) is 6.63. The Balaban J connectivity index is 1.72. The fourth-order valence-corrected chi connectivity index (χ4v) is 3.62. The molecule has 0 saturated carbocycles. The second-order valence-electron chi connectivity index (χ2n) is 5.54. The van der Waals surface area contributed by atoms with Gasteiger partial charge in [0, 0.05) is 16.8 Å². The van der Waals surface area contributed by atoms with E-state index in [0.29, 0.717) is 33.3 Å². The summed E-state index contributed by atoms with van der Waals surface area (Å²) in [5.74, 6) is 0.374. The number of para-hydroxylation sites is 1. The van der Waals surface area contributed by atoms with E-state index in [1.807, 2.05) is 4.57 Å². The van der Waals surface area contributed by atoms with E-state index in [-0.39, 0.29) is 18.2 Å². The molecule has 140 valence electrons. The molecule has 0 radical (unpaired) electrons. The number of nitrogens with zero attached hydrogens (tertiary/aromatic N) is 3. The fourth-order valence-electron chi connectivity index (χ4n) is 2.33. The summed E-state index contributed by atoms with van der Waals surface area (Å²) in [6.45, 7) is 4.27. The van der Waals surface area contributed by atoms with Crippen molar-refractivity contribution in [1.29, 1.82) is 0 Å². The van der Waals surface area contributed by atoms with Gasteiger partial charge in [-0.3, -0.25) is 4.57 Å². The molecule has 0 saturated heterocycles. The predicted octanol–water partition coefficient (Wildman–Crippen LogP) is 5.38. The highest BCUT2D eigenvalue weighted by Crippen LogP contribution is 2.25. The number of rotatable bonds is 8. The zero-order valence-corrected chi connectivity index (χ0v) is 16.6. The van der Waals surface area contributed by atoms with E-state index in [4.69, 9.17) is 4.74 Å². The first-order chi connectivity index (χ1) is 13.1. The molecule has 1 heterocycles. The van der Waals surface area contributed by atoms with Gasteiger partial charge in [0.25, 0.3) is 0 Å². The van der Waals surface area contributed by atoms with Gasteiger partial charge in [-0.1, -0.05) is 52.0 Å². The zero-order chi connectivity index (χ0) is 19.2. The number of thioether (sulfide) groups is 1. The molecule has 0 aliphatic carbocycles. The smallest absolute Gasteiger partial charge is 0.191 e. The van der Waals surface area contributed by atoms with Crippen LogP contribution in [0.4, 0.5) is 8.78 Å². The van der Waals surface area contributed by atoms with Gasteiger partial charge in [0.1, 0.15) is 12.4 Å². The van der Waals surface area contributed by atoms with Crippen molar-refractivity contribution in [3.05, 3.63) is 82.6 Å². The minimum absolute atomic E-state index is 0.0645. The molecule has 8 heteroatoms. The van der Waals surface area contributed by atoms with Gasteiger partial charge in [0.15, 0.2) is 22.5 Å². The van der Waals surface area contributed by atoms with Gasteiger partial charge in [-0.25, -0.2) is 8.78 Å². The summed E-state index contributed by atoms with van der Waals surface area (Å²) < 4.78 is 35.7. The minimum atomic E-state index is -0.437. The highest BCUT2D eigenvalue weighted by atomic mass is 79.9. The van der Waals surface area contributed by atoms with E-state index in [2.05, 4.69) is 32.7 Å². The zero-order valence-electron chi connectivity index (χ0n) is 14.2. The Hall–Kier alpha value is -2.19. The topological polar surface area (TPSA) is 39.9 Å². The molecule has 27 heavy (non-hydrogen) atoms. The summed E-state index contributed by atoms with van der Waals surface area (Å²) in [6.07, 6.45) is 1.71. The summed E-state index contributed by atoms with van der Waals surface area (Å²) in [6, 6.07) is 11.1. The molecular weight excluding hydrogens is 436 g/mol. The number of hydrogen-bond acceptors (Lipinski definition) is 4. The summed E-state index contributed by atoms with van der Waals surface area (Å²) in [4.78, 5) is 0. The molecule has 0 amide bonds. The molecule has 0 aliphatic heterocycles. The maximum Gasteiger partial charge on any atom is 0.191 e. The van der Waals surface area contributed by atoms with Gasteiger partial charge in [-0.15, -0.1) is 16.8 Å². The van der Waals surface area contributed by atoms with E-state index in [1.165, 1.54) is 23.9 Å². The van der Waals surface area contributed by atoms with Crippen molar-refractivity contribution in [2.45, 2.75) is 24.1 Å². The highest BCUT2D eigenvalue weighted by molar-refractivity contribution is 9.10. The van der Waals surface area contributed by atoms with Crippen LogP contribution >= 0.6 is 27.7 Å².